The Bertz CT molecular complexity index is 443. The Labute approximate surface area is 138 Å². The van der Waals surface area contributed by atoms with Gasteiger partial charge in [-0.1, -0.05) is 13.8 Å². The van der Waals surface area contributed by atoms with E-state index in [1.54, 1.807) is 11.3 Å². The maximum atomic E-state index is 10.3. The van der Waals surface area contributed by atoms with Crippen LogP contribution in [0.25, 0.3) is 0 Å². The molecule has 0 bridgehead atoms. The number of rotatable bonds is 7. The summed E-state index contributed by atoms with van der Waals surface area (Å²) in [6, 6.07) is 0. The number of nitrogens with zero attached hydrogens (tertiary/aromatic N) is 4. The van der Waals surface area contributed by atoms with Crippen LogP contribution in [0.5, 0.6) is 0 Å². The van der Waals surface area contributed by atoms with Gasteiger partial charge in [0.15, 0.2) is 0 Å². The summed E-state index contributed by atoms with van der Waals surface area (Å²) in [6.07, 6.45) is -0.295. The molecule has 126 valence electrons. The van der Waals surface area contributed by atoms with Crippen molar-refractivity contribution in [3.8, 4) is 0 Å². The van der Waals surface area contributed by atoms with Gasteiger partial charge in [0, 0.05) is 57.1 Å². The van der Waals surface area contributed by atoms with Crippen LogP contribution in [0.1, 0.15) is 30.5 Å². The van der Waals surface area contributed by atoms with Gasteiger partial charge in [-0.05, 0) is 14.1 Å². The molecule has 1 aliphatic heterocycles. The van der Waals surface area contributed by atoms with E-state index < -0.39 is 0 Å². The molecule has 6 heteroatoms. The van der Waals surface area contributed by atoms with E-state index in [1.165, 1.54) is 5.01 Å². The maximum Gasteiger partial charge on any atom is 0.0954 e. The van der Waals surface area contributed by atoms with Crippen molar-refractivity contribution < 1.29 is 5.11 Å². The predicted octanol–water partition coefficient (Wildman–Crippen LogP) is 1.31. The fourth-order valence-corrected chi connectivity index (χ4v) is 3.57. The van der Waals surface area contributed by atoms with Gasteiger partial charge in [-0.15, -0.1) is 11.3 Å². The first-order chi connectivity index (χ1) is 10.4. The van der Waals surface area contributed by atoms with Crippen LogP contribution in [0.4, 0.5) is 0 Å². The molecule has 1 aliphatic rings. The molecule has 1 atom stereocenters. The van der Waals surface area contributed by atoms with Crippen LogP contribution < -0.4 is 0 Å². The molecule has 1 aromatic rings. The molecular weight excluding hydrogens is 296 g/mol. The molecule has 0 aliphatic carbocycles. The van der Waals surface area contributed by atoms with E-state index in [0.717, 1.165) is 45.0 Å². The van der Waals surface area contributed by atoms with Crippen LogP contribution >= 0.6 is 11.3 Å². The number of thiazole rings is 1. The molecule has 0 spiro atoms. The minimum atomic E-state index is -0.295. The number of β-amino-alcohol motifs (C(OH)–C–C–N with tert-alkyl or cyclic N) is 1. The number of aliphatic hydroxyl groups is 1. The van der Waals surface area contributed by atoms with E-state index in [0.29, 0.717) is 12.5 Å². The molecule has 2 rings (SSSR count). The number of likely N-dealkylation sites (N-methyl/N-ethyl adjacent to an activating group) is 2. The predicted molar refractivity (Wildman–Crippen MR) is 92.5 cm³/mol. The molecule has 0 amide bonds. The van der Waals surface area contributed by atoms with Crippen molar-refractivity contribution in [3.63, 3.8) is 0 Å². The molecular formula is C16H30N4OS. The van der Waals surface area contributed by atoms with Crippen molar-refractivity contribution in [2.75, 3.05) is 53.4 Å². The van der Waals surface area contributed by atoms with Crippen molar-refractivity contribution in [2.45, 2.75) is 32.4 Å². The van der Waals surface area contributed by atoms with Gasteiger partial charge in [0.1, 0.15) is 0 Å². The fourth-order valence-electron chi connectivity index (χ4n) is 2.75. The molecule has 5 nitrogen and oxygen atoms in total. The monoisotopic (exact) mass is 326 g/mol. The molecule has 1 N–H and O–H groups in total. The van der Waals surface area contributed by atoms with E-state index in [4.69, 9.17) is 0 Å². The highest BCUT2D eigenvalue weighted by molar-refractivity contribution is 7.09. The summed E-state index contributed by atoms with van der Waals surface area (Å²) in [7, 11) is 4.21. The third-order valence-electron chi connectivity index (χ3n) is 4.08. The second-order valence-corrected chi connectivity index (χ2v) is 7.68. The number of aromatic nitrogens is 1. The zero-order valence-electron chi connectivity index (χ0n) is 14.3. The Morgan fingerprint density at radius 3 is 2.59 bits per heavy atom. The highest BCUT2D eigenvalue weighted by atomic mass is 32.1. The zero-order valence-corrected chi connectivity index (χ0v) is 15.1. The molecule has 0 aromatic carbocycles. The Hall–Kier alpha value is -0.530. The Balaban J connectivity index is 1.72. The summed E-state index contributed by atoms with van der Waals surface area (Å²) in [5.74, 6) is 0.492. The summed E-state index contributed by atoms with van der Waals surface area (Å²) in [5, 5.41) is 13.6. The standard InChI is InChI=1S/C16H30N4OS/c1-13(2)16-17-14(12-22-16)9-19(4)10-15(21)11-20-7-5-18(3)6-8-20/h12-13,15,21H,5-11H2,1-4H3. The van der Waals surface area contributed by atoms with E-state index in [9.17, 15) is 5.11 Å². The van der Waals surface area contributed by atoms with Crippen molar-refractivity contribution in [1.29, 1.82) is 0 Å². The lowest BCUT2D eigenvalue weighted by Gasteiger charge is -2.34. The normalized spacial score (nSPS) is 19.2. The average Bonchev–Trinajstić information content (AvgIpc) is 2.89. The second kappa shape index (κ2) is 8.36. The topological polar surface area (TPSA) is 42.8 Å². The molecule has 1 unspecified atom stereocenters. The smallest absolute Gasteiger partial charge is 0.0954 e. The summed E-state index contributed by atoms with van der Waals surface area (Å²) in [6.45, 7) is 10.9. The van der Waals surface area contributed by atoms with Crippen LogP contribution in [0.15, 0.2) is 5.38 Å². The van der Waals surface area contributed by atoms with Crippen molar-refractivity contribution >= 4 is 11.3 Å². The fraction of sp³-hybridized carbons (Fsp3) is 0.812. The first-order valence-electron chi connectivity index (χ1n) is 8.16. The summed E-state index contributed by atoms with van der Waals surface area (Å²) in [4.78, 5) is 11.5. The highest BCUT2D eigenvalue weighted by Gasteiger charge is 2.18. The molecule has 1 saturated heterocycles. The lowest BCUT2D eigenvalue weighted by molar-refractivity contribution is 0.0592. The Kier molecular flexibility index (Phi) is 6.77. The maximum absolute atomic E-state index is 10.3. The molecule has 0 saturated carbocycles. The average molecular weight is 327 g/mol. The van der Waals surface area contributed by atoms with Gasteiger partial charge in [-0.3, -0.25) is 9.80 Å². The third-order valence-corrected chi connectivity index (χ3v) is 5.28. The lowest BCUT2D eigenvalue weighted by atomic mass is 10.2. The van der Waals surface area contributed by atoms with Gasteiger partial charge >= 0.3 is 0 Å². The largest absolute Gasteiger partial charge is 0.390 e. The van der Waals surface area contributed by atoms with Crippen LogP contribution in [-0.2, 0) is 6.54 Å². The van der Waals surface area contributed by atoms with E-state index >= 15 is 0 Å². The first-order valence-corrected chi connectivity index (χ1v) is 9.04. The third kappa shape index (κ3) is 5.59. The minimum Gasteiger partial charge on any atom is -0.390 e. The van der Waals surface area contributed by atoms with E-state index in [2.05, 4.69) is 53.0 Å². The highest BCUT2D eigenvalue weighted by Crippen LogP contribution is 2.19. The SMILES string of the molecule is CC(C)c1nc(CN(C)CC(O)CN2CCN(C)CC2)cs1. The van der Waals surface area contributed by atoms with Crippen molar-refractivity contribution in [2.24, 2.45) is 0 Å². The van der Waals surface area contributed by atoms with Crippen LogP contribution in [0.3, 0.4) is 0 Å². The zero-order chi connectivity index (χ0) is 16.1. The number of aliphatic hydroxyl groups excluding tert-OH is 1. The molecule has 1 fully saturated rings. The van der Waals surface area contributed by atoms with Crippen molar-refractivity contribution in [1.82, 2.24) is 19.7 Å². The molecule has 22 heavy (non-hydrogen) atoms. The van der Waals surface area contributed by atoms with Crippen LogP contribution in [-0.4, -0.2) is 84.3 Å². The first kappa shape index (κ1) is 17.8. The second-order valence-electron chi connectivity index (χ2n) is 6.79. The minimum absolute atomic E-state index is 0.295. The lowest BCUT2D eigenvalue weighted by Crippen LogP contribution is -2.48. The van der Waals surface area contributed by atoms with Crippen LogP contribution in [0.2, 0.25) is 0 Å². The summed E-state index contributed by atoms with van der Waals surface area (Å²) >= 11 is 1.73. The van der Waals surface area contributed by atoms with Gasteiger partial charge in [-0.2, -0.15) is 0 Å². The Morgan fingerprint density at radius 1 is 1.32 bits per heavy atom. The van der Waals surface area contributed by atoms with Gasteiger partial charge in [-0.25, -0.2) is 4.98 Å². The Morgan fingerprint density at radius 2 is 2.00 bits per heavy atom. The molecule has 0 radical (unpaired) electrons. The quantitative estimate of drug-likeness (QED) is 0.818. The molecule has 2 heterocycles. The van der Waals surface area contributed by atoms with Crippen LogP contribution in [0, 0.1) is 0 Å². The van der Waals surface area contributed by atoms with Gasteiger partial charge < -0.3 is 10.0 Å². The van der Waals surface area contributed by atoms with Gasteiger partial charge in [0.2, 0.25) is 0 Å². The molecule has 1 aromatic heterocycles. The van der Waals surface area contributed by atoms with E-state index in [1.807, 2.05) is 0 Å². The van der Waals surface area contributed by atoms with Gasteiger partial charge in [0.05, 0.1) is 16.8 Å². The van der Waals surface area contributed by atoms with Crippen molar-refractivity contribution in [3.05, 3.63) is 16.1 Å². The summed E-state index contributed by atoms with van der Waals surface area (Å²) < 4.78 is 0. The van der Waals surface area contributed by atoms with Gasteiger partial charge in [0.25, 0.3) is 0 Å². The number of hydrogen-bond donors (Lipinski definition) is 1. The number of piperazine rings is 1. The number of hydrogen-bond acceptors (Lipinski definition) is 6. The van der Waals surface area contributed by atoms with E-state index in [-0.39, 0.29) is 6.10 Å². The summed E-state index contributed by atoms with van der Waals surface area (Å²) in [5.41, 5.74) is 1.11.